The topological polar surface area (TPSA) is 43.1 Å². The summed E-state index contributed by atoms with van der Waals surface area (Å²) >= 11 is 5.66. The number of aromatic nitrogens is 1. The van der Waals surface area contributed by atoms with Crippen LogP contribution in [0.4, 0.5) is 4.39 Å². The molecule has 0 saturated heterocycles. The zero-order valence-electron chi connectivity index (χ0n) is 10.3. The summed E-state index contributed by atoms with van der Waals surface area (Å²) in [7, 11) is 0. The number of fused-ring (bicyclic) bond motifs is 1. The van der Waals surface area contributed by atoms with E-state index >= 15 is 0 Å². The first-order valence-electron chi connectivity index (χ1n) is 5.97. The third-order valence-corrected chi connectivity index (χ3v) is 3.19. The Labute approximate surface area is 119 Å². The van der Waals surface area contributed by atoms with E-state index in [1.807, 2.05) is 12.1 Å². The van der Waals surface area contributed by atoms with Gasteiger partial charge in [-0.1, -0.05) is 29.8 Å². The largest absolute Gasteiger partial charge is 0.440 e. The van der Waals surface area contributed by atoms with E-state index in [4.69, 9.17) is 16.0 Å². The molecule has 0 saturated carbocycles. The lowest BCUT2D eigenvalue weighted by Gasteiger charge is -2.01. The van der Waals surface area contributed by atoms with Gasteiger partial charge in [0.1, 0.15) is 5.52 Å². The summed E-state index contributed by atoms with van der Waals surface area (Å²) in [6.07, 6.45) is -0.105. The number of halogens is 2. The second-order valence-corrected chi connectivity index (χ2v) is 4.68. The number of rotatable bonds is 3. The Kier molecular flexibility index (Phi) is 3.24. The Bertz CT molecular complexity index is 764. The van der Waals surface area contributed by atoms with Gasteiger partial charge in [-0.2, -0.15) is 0 Å². The number of carbonyl (C=O) groups excluding carboxylic acids is 1. The minimum atomic E-state index is -0.713. The van der Waals surface area contributed by atoms with E-state index in [0.29, 0.717) is 11.1 Å². The molecule has 3 nitrogen and oxygen atoms in total. The van der Waals surface area contributed by atoms with Crippen molar-refractivity contribution >= 4 is 28.5 Å². The van der Waals surface area contributed by atoms with Crippen molar-refractivity contribution in [2.45, 2.75) is 6.42 Å². The molecule has 3 aromatic rings. The fourth-order valence-corrected chi connectivity index (χ4v) is 2.12. The Morgan fingerprint density at radius 2 is 2.00 bits per heavy atom. The summed E-state index contributed by atoms with van der Waals surface area (Å²) < 4.78 is 19.2. The molecule has 5 heteroatoms. The first-order valence-corrected chi connectivity index (χ1v) is 6.34. The van der Waals surface area contributed by atoms with Crippen molar-refractivity contribution in [1.29, 1.82) is 0 Å². The Morgan fingerprint density at radius 1 is 1.20 bits per heavy atom. The first-order chi connectivity index (χ1) is 9.65. The van der Waals surface area contributed by atoms with Gasteiger partial charge in [-0.15, -0.1) is 0 Å². The number of nitrogens with zero attached hydrogens (tertiary/aromatic N) is 1. The fraction of sp³-hybridized carbons (Fsp3) is 0.0667. The summed E-state index contributed by atoms with van der Waals surface area (Å²) in [5.41, 5.74) is 1.21. The molecule has 0 bridgehead atoms. The standard InChI is InChI=1S/C15H9ClFNO2/c16-10-5-3-4-9(15(10)17)12(19)8-14-18-11-6-1-2-7-13(11)20-14/h1-7H,8H2. The van der Waals surface area contributed by atoms with Gasteiger partial charge in [0.15, 0.2) is 17.2 Å². The minimum absolute atomic E-state index is 0.0558. The van der Waals surface area contributed by atoms with Crippen molar-refractivity contribution in [3.63, 3.8) is 0 Å². The molecular weight excluding hydrogens is 281 g/mol. The molecule has 0 spiro atoms. The quantitative estimate of drug-likeness (QED) is 0.683. The van der Waals surface area contributed by atoms with Crippen molar-refractivity contribution in [2.24, 2.45) is 0 Å². The first kappa shape index (κ1) is 12.8. The normalized spacial score (nSPS) is 10.9. The van der Waals surface area contributed by atoms with Crippen LogP contribution in [0.2, 0.25) is 5.02 Å². The SMILES string of the molecule is O=C(Cc1nc2ccccc2o1)c1cccc(Cl)c1F. The predicted molar refractivity (Wildman–Crippen MR) is 73.5 cm³/mol. The number of hydrogen-bond donors (Lipinski definition) is 0. The molecule has 0 aliphatic rings. The second kappa shape index (κ2) is 5.06. The van der Waals surface area contributed by atoms with Crippen molar-refractivity contribution in [3.8, 4) is 0 Å². The van der Waals surface area contributed by atoms with E-state index in [1.165, 1.54) is 18.2 Å². The maximum absolute atomic E-state index is 13.8. The molecule has 1 aromatic heterocycles. The van der Waals surface area contributed by atoms with Crippen molar-refractivity contribution in [1.82, 2.24) is 4.98 Å². The van der Waals surface area contributed by atoms with Gasteiger partial charge in [0, 0.05) is 0 Å². The van der Waals surface area contributed by atoms with Gasteiger partial charge in [0.25, 0.3) is 0 Å². The van der Waals surface area contributed by atoms with Gasteiger partial charge < -0.3 is 4.42 Å². The van der Waals surface area contributed by atoms with Crippen LogP contribution in [0.15, 0.2) is 46.9 Å². The summed E-state index contributed by atoms with van der Waals surface area (Å²) in [6.45, 7) is 0. The molecule has 0 atom stereocenters. The molecule has 3 rings (SSSR count). The highest BCUT2D eigenvalue weighted by Crippen LogP contribution is 2.21. The maximum atomic E-state index is 13.8. The van der Waals surface area contributed by atoms with Crippen LogP contribution in [0.3, 0.4) is 0 Å². The highest BCUT2D eigenvalue weighted by atomic mass is 35.5. The molecular formula is C15H9ClFNO2. The van der Waals surface area contributed by atoms with Crippen LogP contribution in [0.1, 0.15) is 16.2 Å². The van der Waals surface area contributed by atoms with Gasteiger partial charge in [-0.25, -0.2) is 9.37 Å². The lowest BCUT2D eigenvalue weighted by atomic mass is 10.1. The third kappa shape index (κ3) is 2.30. The van der Waals surface area contributed by atoms with Crippen LogP contribution in [0, 0.1) is 5.82 Å². The summed E-state index contributed by atoms with van der Waals surface area (Å²) in [5, 5.41) is -0.0755. The van der Waals surface area contributed by atoms with E-state index < -0.39 is 11.6 Å². The van der Waals surface area contributed by atoms with Crippen molar-refractivity contribution in [2.75, 3.05) is 0 Å². The Hall–Kier alpha value is -2.20. The Morgan fingerprint density at radius 3 is 2.80 bits per heavy atom. The van der Waals surface area contributed by atoms with Crippen LogP contribution in [-0.4, -0.2) is 10.8 Å². The number of Topliss-reactive ketones (excluding diaryl/α,β-unsaturated/α-hetero) is 1. The van der Waals surface area contributed by atoms with Crippen molar-refractivity contribution < 1.29 is 13.6 Å². The number of carbonyl (C=O) groups is 1. The molecule has 0 aliphatic heterocycles. The van der Waals surface area contributed by atoms with E-state index in [-0.39, 0.29) is 22.9 Å². The molecule has 100 valence electrons. The second-order valence-electron chi connectivity index (χ2n) is 4.28. The van der Waals surface area contributed by atoms with Crippen LogP contribution in [-0.2, 0) is 6.42 Å². The number of benzene rings is 2. The monoisotopic (exact) mass is 289 g/mol. The summed E-state index contributed by atoms with van der Waals surface area (Å²) in [6, 6.07) is 11.5. The zero-order chi connectivity index (χ0) is 14.1. The number of para-hydroxylation sites is 2. The lowest BCUT2D eigenvalue weighted by molar-refractivity contribution is 0.0982. The molecule has 20 heavy (non-hydrogen) atoms. The van der Waals surface area contributed by atoms with Gasteiger partial charge in [0.05, 0.1) is 17.0 Å². The molecule has 0 radical (unpaired) electrons. The smallest absolute Gasteiger partial charge is 0.203 e. The highest BCUT2D eigenvalue weighted by molar-refractivity contribution is 6.31. The molecule has 0 fully saturated rings. The summed E-state index contributed by atoms with van der Waals surface area (Å²) in [4.78, 5) is 16.3. The minimum Gasteiger partial charge on any atom is -0.440 e. The molecule has 2 aromatic carbocycles. The highest BCUT2D eigenvalue weighted by Gasteiger charge is 2.17. The van der Waals surface area contributed by atoms with E-state index in [0.717, 1.165) is 0 Å². The fourth-order valence-electron chi connectivity index (χ4n) is 1.95. The number of oxazole rings is 1. The third-order valence-electron chi connectivity index (χ3n) is 2.90. The van der Waals surface area contributed by atoms with Crippen LogP contribution >= 0.6 is 11.6 Å². The van der Waals surface area contributed by atoms with Crippen LogP contribution in [0.25, 0.3) is 11.1 Å². The molecule has 0 amide bonds. The molecule has 0 N–H and O–H groups in total. The van der Waals surface area contributed by atoms with Crippen molar-refractivity contribution in [3.05, 3.63) is 64.8 Å². The van der Waals surface area contributed by atoms with Gasteiger partial charge >= 0.3 is 0 Å². The molecule has 1 heterocycles. The Balaban J connectivity index is 1.90. The molecule has 0 unspecified atom stereocenters. The van der Waals surface area contributed by atoms with Gasteiger partial charge in [-0.05, 0) is 24.3 Å². The lowest BCUT2D eigenvalue weighted by Crippen LogP contribution is -2.06. The maximum Gasteiger partial charge on any atom is 0.203 e. The predicted octanol–water partition coefficient (Wildman–Crippen LogP) is 4.05. The van der Waals surface area contributed by atoms with E-state index in [9.17, 15) is 9.18 Å². The average Bonchev–Trinajstić information content (AvgIpc) is 2.83. The zero-order valence-corrected chi connectivity index (χ0v) is 11.0. The van der Waals surface area contributed by atoms with E-state index in [1.54, 1.807) is 12.1 Å². The van der Waals surface area contributed by atoms with Crippen LogP contribution < -0.4 is 0 Å². The summed E-state index contributed by atoms with van der Waals surface area (Å²) in [5.74, 6) is -0.873. The number of ketones is 1. The van der Waals surface area contributed by atoms with E-state index in [2.05, 4.69) is 4.98 Å². The van der Waals surface area contributed by atoms with Crippen LogP contribution in [0.5, 0.6) is 0 Å². The number of hydrogen-bond acceptors (Lipinski definition) is 3. The molecule has 0 aliphatic carbocycles. The van der Waals surface area contributed by atoms with Gasteiger partial charge in [-0.3, -0.25) is 4.79 Å². The average molecular weight is 290 g/mol. The van der Waals surface area contributed by atoms with Gasteiger partial charge in [0.2, 0.25) is 5.89 Å².